The van der Waals surface area contributed by atoms with Gasteiger partial charge in [-0.3, -0.25) is 14.9 Å². The first-order chi connectivity index (χ1) is 8.29. The van der Waals surface area contributed by atoms with Crippen molar-refractivity contribution in [2.75, 3.05) is 19.8 Å². The first kappa shape index (κ1) is 16.4. The van der Waals surface area contributed by atoms with E-state index < -0.39 is 23.3 Å². The predicted molar refractivity (Wildman–Crippen MR) is 64.1 cm³/mol. The number of nitrogens with one attached hydrogen (secondary N) is 2. The number of carboxylic acids is 1. The molecule has 18 heavy (non-hydrogen) atoms. The minimum atomic E-state index is -1.20. The molecule has 0 atom stereocenters. The van der Waals surface area contributed by atoms with Crippen LogP contribution in [0.2, 0.25) is 0 Å². The van der Waals surface area contributed by atoms with E-state index in [0.29, 0.717) is 13.2 Å². The Balaban J connectivity index is 3.94. The molecule has 0 bridgehead atoms. The Labute approximate surface area is 106 Å². The van der Waals surface area contributed by atoms with E-state index >= 15 is 0 Å². The third kappa shape index (κ3) is 6.85. The largest absolute Gasteiger partial charge is 0.481 e. The number of aliphatic carboxylic acids is 1. The van der Waals surface area contributed by atoms with Gasteiger partial charge in [0.2, 0.25) is 5.91 Å². The second-order valence-electron chi connectivity index (χ2n) is 4.37. The summed E-state index contributed by atoms with van der Waals surface area (Å²) in [7, 11) is 0. The van der Waals surface area contributed by atoms with E-state index in [9.17, 15) is 14.4 Å². The highest BCUT2D eigenvalue weighted by atomic mass is 16.5. The summed E-state index contributed by atoms with van der Waals surface area (Å²) in [6.07, 6.45) is -0.263. The topological polar surface area (TPSA) is 105 Å². The normalized spacial score (nSPS) is 10.8. The molecule has 0 aliphatic rings. The lowest BCUT2D eigenvalue weighted by atomic mass is 9.89. The molecule has 0 saturated carbocycles. The van der Waals surface area contributed by atoms with Gasteiger partial charge in [-0.25, -0.2) is 4.79 Å². The van der Waals surface area contributed by atoms with Crippen LogP contribution >= 0.6 is 0 Å². The van der Waals surface area contributed by atoms with Crippen LogP contribution in [0.4, 0.5) is 4.79 Å². The smallest absolute Gasteiger partial charge is 0.321 e. The number of amides is 3. The third-order valence-corrected chi connectivity index (χ3v) is 2.17. The monoisotopic (exact) mass is 260 g/mol. The van der Waals surface area contributed by atoms with E-state index in [4.69, 9.17) is 9.84 Å². The van der Waals surface area contributed by atoms with E-state index in [1.165, 1.54) is 13.8 Å². The van der Waals surface area contributed by atoms with Crippen molar-refractivity contribution in [2.45, 2.75) is 27.2 Å². The molecule has 0 spiro atoms. The van der Waals surface area contributed by atoms with Gasteiger partial charge in [0, 0.05) is 19.6 Å². The van der Waals surface area contributed by atoms with Crippen LogP contribution in [0.5, 0.6) is 0 Å². The SMILES string of the molecule is CCOCCNC(=O)NC(=O)CC(C)(C)C(=O)O. The highest BCUT2D eigenvalue weighted by Gasteiger charge is 2.30. The zero-order chi connectivity index (χ0) is 14.2. The maximum atomic E-state index is 11.4. The molecule has 0 fully saturated rings. The summed E-state index contributed by atoms with van der Waals surface area (Å²) in [6.45, 7) is 5.87. The van der Waals surface area contributed by atoms with Gasteiger partial charge in [-0.05, 0) is 20.8 Å². The fraction of sp³-hybridized carbons (Fsp3) is 0.727. The number of urea groups is 1. The number of imide groups is 1. The van der Waals surface area contributed by atoms with Crippen LogP contribution in [0.1, 0.15) is 27.2 Å². The van der Waals surface area contributed by atoms with Gasteiger partial charge < -0.3 is 15.2 Å². The molecular formula is C11H20N2O5. The number of hydrogen-bond donors (Lipinski definition) is 3. The number of carbonyl (C=O) groups is 3. The maximum absolute atomic E-state index is 11.4. The minimum absolute atomic E-state index is 0.263. The van der Waals surface area contributed by atoms with Crippen molar-refractivity contribution in [2.24, 2.45) is 5.41 Å². The highest BCUT2D eigenvalue weighted by molar-refractivity contribution is 5.96. The molecule has 7 nitrogen and oxygen atoms in total. The number of rotatable bonds is 7. The van der Waals surface area contributed by atoms with Crippen molar-refractivity contribution in [3.63, 3.8) is 0 Å². The van der Waals surface area contributed by atoms with Gasteiger partial charge in [0.15, 0.2) is 0 Å². The molecule has 7 heteroatoms. The predicted octanol–water partition coefficient (Wildman–Crippen LogP) is 0.350. The number of carbonyl (C=O) groups excluding carboxylic acids is 2. The van der Waals surface area contributed by atoms with Crippen molar-refractivity contribution in [3.8, 4) is 0 Å². The van der Waals surface area contributed by atoms with Gasteiger partial charge in [-0.15, -0.1) is 0 Å². The molecular weight excluding hydrogens is 240 g/mol. The van der Waals surface area contributed by atoms with E-state index in [0.717, 1.165) is 0 Å². The lowest BCUT2D eigenvalue weighted by Crippen LogP contribution is -2.43. The van der Waals surface area contributed by atoms with Crippen molar-refractivity contribution in [1.29, 1.82) is 0 Å². The molecule has 0 aromatic rings. The van der Waals surface area contributed by atoms with Gasteiger partial charge in [0.1, 0.15) is 0 Å². The summed E-state index contributed by atoms with van der Waals surface area (Å²) in [4.78, 5) is 33.4. The van der Waals surface area contributed by atoms with Gasteiger partial charge in [0.05, 0.1) is 12.0 Å². The molecule has 0 saturated heterocycles. The van der Waals surface area contributed by atoms with Crippen LogP contribution in [0.15, 0.2) is 0 Å². The molecule has 0 aromatic heterocycles. The zero-order valence-electron chi connectivity index (χ0n) is 10.9. The molecule has 0 unspecified atom stereocenters. The first-order valence-electron chi connectivity index (χ1n) is 5.68. The summed E-state index contributed by atoms with van der Waals surface area (Å²) < 4.78 is 5.00. The number of ether oxygens (including phenoxy) is 1. The number of carboxylic acid groups (broad SMARTS) is 1. The van der Waals surface area contributed by atoms with Crippen LogP contribution in [-0.2, 0) is 14.3 Å². The Morgan fingerprint density at radius 3 is 2.39 bits per heavy atom. The molecule has 104 valence electrons. The molecule has 3 amide bonds. The molecule has 3 N–H and O–H groups in total. The van der Waals surface area contributed by atoms with Gasteiger partial charge >= 0.3 is 12.0 Å². The molecule has 0 aliphatic heterocycles. The van der Waals surface area contributed by atoms with Crippen molar-refractivity contribution < 1.29 is 24.2 Å². The quantitative estimate of drug-likeness (QED) is 0.573. The van der Waals surface area contributed by atoms with E-state index in [1.807, 2.05) is 6.92 Å². The van der Waals surface area contributed by atoms with Crippen molar-refractivity contribution >= 4 is 17.9 Å². The van der Waals surface area contributed by atoms with E-state index in [-0.39, 0.29) is 13.0 Å². The van der Waals surface area contributed by atoms with Gasteiger partial charge in [-0.2, -0.15) is 0 Å². The van der Waals surface area contributed by atoms with Crippen LogP contribution < -0.4 is 10.6 Å². The second-order valence-corrected chi connectivity index (χ2v) is 4.37. The van der Waals surface area contributed by atoms with Gasteiger partial charge in [0.25, 0.3) is 0 Å². The molecule has 0 aliphatic carbocycles. The van der Waals surface area contributed by atoms with Crippen LogP contribution in [0.3, 0.4) is 0 Å². The fourth-order valence-electron chi connectivity index (χ4n) is 1.07. The second kappa shape index (κ2) is 7.65. The Morgan fingerprint density at radius 2 is 1.89 bits per heavy atom. The number of hydrogen-bond acceptors (Lipinski definition) is 4. The third-order valence-electron chi connectivity index (χ3n) is 2.17. The van der Waals surface area contributed by atoms with Crippen LogP contribution in [0, 0.1) is 5.41 Å². The fourth-order valence-corrected chi connectivity index (χ4v) is 1.07. The summed E-state index contributed by atoms with van der Waals surface area (Å²) >= 11 is 0. The maximum Gasteiger partial charge on any atom is 0.321 e. The first-order valence-corrected chi connectivity index (χ1v) is 5.68. The average molecular weight is 260 g/mol. The molecule has 0 aromatic carbocycles. The zero-order valence-corrected chi connectivity index (χ0v) is 10.9. The average Bonchev–Trinajstić information content (AvgIpc) is 2.23. The van der Waals surface area contributed by atoms with Crippen molar-refractivity contribution in [1.82, 2.24) is 10.6 Å². The minimum Gasteiger partial charge on any atom is -0.481 e. The van der Waals surface area contributed by atoms with Gasteiger partial charge in [-0.1, -0.05) is 0 Å². The molecule has 0 rings (SSSR count). The van der Waals surface area contributed by atoms with E-state index in [2.05, 4.69) is 10.6 Å². The molecule has 0 radical (unpaired) electrons. The Kier molecular flexibility index (Phi) is 6.96. The lowest BCUT2D eigenvalue weighted by molar-refractivity contribution is -0.149. The van der Waals surface area contributed by atoms with Crippen LogP contribution in [0.25, 0.3) is 0 Å². The summed E-state index contributed by atoms with van der Waals surface area (Å²) in [5.74, 6) is -1.72. The Bertz CT molecular complexity index is 315. The highest BCUT2D eigenvalue weighted by Crippen LogP contribution is 2.19. The standard InChI is InChI=1S/C11H20N2O5/c1-4-18-6-5-12-10(17)13-8(14)7-11(2,3)9(15)16/h4-7H2,1-3H3,(H,15,16)(H2,12,13,14,17). The van der Waals surface area contributed by atoms with Crippen LogP contribution in [-0.4, -0.2) is 42.8 Å². The summed E-state index contributed by atoms with van der Waals surface area (Å²) in [5.41, 5.74) is -1.20. The lowest BCUT2D eigenvalue weighted by Gasteiger charge is -2.17. The Morgan fingerprint density at radius 1 is 1.28 bits per heavy atom. The summed E-state index contributed by atoms with van der Waals surface area (Å²) in [6, 6.07) is -0.652. The summed E-state index contributed by atoms with van der Waals surface area (Å²) in [5, 5.41) is 13.3. The molecule has 0 heterocycles. The Hall–Kier alpha value is -1.63. The van der Waals surface area contributed by atoms with E-state index in [1.54, 1.807) is 0 Å². The van der Waals surface area contributed by atoms with Crippen molar-refractivity contribution in [3.05, 3.63) is 0 Å².